The molecular weight excluding hydrogens is 242 g/mol. The van der Waals surface area contributed by atoms with E-state index < -0.39 is 0 Å². The predicted molar refractivity (Wildman–Crippen MR) is 70.5 cm³/mol. The molecule has 7 heteroatoms. The van der Waals surface area contributed by atoms with Crippen LogP contribution in [-0.4, -0.2) is 37.3 Å². The van der Waals surface area contributed by atoms with Gasteiger partial charge in [0.05, 0.1) is 6.54 Å². The standard InChI is InChI=1S/C12H17N7/c1-9(13)4-10-5-14-12(15-6-10)18-2-3-19-8-16-17-11(19)7-18/h5-6,8-9H,2-4,7,13H2,1H3. The Morgan fingerprint density at radius 1 is 1.32 bits per heavy atom. The fourth-order valence-electron chi connectivity index (χ4n) is 2.23. The Labute approximate surface area is 111 Å². The molecule has 0 amide bonds. The summed E-state index contributed by atoms with van der Waals surface area (Å²) >= 11 is 0. The monoisotopic (exact) mass is 259 g/mol. The van der Waals surface area contributed by atoms with Crippen molar-refractivity contribution in [1.29, 1.82) is 0 Å². The van der Waals surface area contributed by atoms with E-state index in [1.165, 1.54) is 0 Å². The number of hydrogen-bond donors (Lipinski definition) is 1. The molecule has 1 aliphatic heterocycles. The molecule has 0 fully saturated rings. The second-order valence-electron chi connectivity index (χ2n) is 4.93. The molecule has 0 spiro atoms. The van der Waals surface area contributed by atoms with Crippen molar-refractivity contribution in [3.63, 3.8) is 0 Å². The van der Waals surface area contributed by atoms with Gasteiger partial charge in [0.1, 0.15) is 6.33 Å². The number of fused-ring (bicyclic) bond motifs is 1. The Hall–Kier alpha value is -2.02. The van der Waals surface area contributed by atoms with Crippen LogP contribution in [-0.2, 0) is 19.5 Å². The first-order chi connectivity index (χ1) is 9.22. The van der Waals surface area contributed by atoms with Gasteiger partial charge in [-0.05, 0) is 18.9 Å². The Balaban J connectivity index is 1.73. The predicted octanol–water partition coefficient (Wildman–Crippen LogP) is -0.0220. The van der Waals surface area contributed by atoms with Crippen molar-refractivity contribution in [3.05, 3.63) is 30.1 Å². The molecule has 0 saturated heterocycles. The van der Waals surface area contributed by atoms with Crippen LogP contribution < -0.4 is 10.6 Å². The van der Waals surface area contributed by atoms with E-state index in [0.717, 1.165) is 36.8 Å². The molecule has 2 aromatic rings. The minimum absolute atomic E-state index is 0.128. The van der Waals surface area contributed by atoms with Gasteiger partial charge < -0.3 is 15.2 Å². The topological polar surface area (TPSA) is 85.8 Å². The molecule has 100 valence electrons. The van der Waals surface area contributed by atoms with Crippen molar-refractivity contribution in [2.45, 2.75) is 32.5 Å². The highest BCUT2D eigenvalue weighted by atomic mass is 15.3. The summed E-state index contributed by atoms with van der Waals surface area (Å²) in [7, 11) is 0. The van der Waals surface area contributed by atoms with Crippen molar-refractivity contribution in [3.8, 4) is 0 Å². The Morgan fingerprint density at radius 2 is 2.11 bits per heavy atom. The molecule has 2 aromatic heterocycles. The van der Waals surface area contributed by atoms with E-state index in [9.17, 15) is 0 Å². The Bertz CT molecular complexity index is 545. The summed E-state index contributed by atoms with van der Waals surface area (Å²) in [6.45, 7) is 4.42. The molecule has 0 aliphatic carbocycles. The van der Waals surface area contributed by atoms with E-state index in [1.54, 1.807) is 6.33 Å². The second-order valence-corrected chi connectivity index (χ2v) is 4.93. The second kappa shape index (κ2) is 4.93. The highest BCUT2D eigenvalue weighted by Gasteiger charge is 2.19. The molecule has 1 unspecified atom stereocenters. The van der Waals surface area contributed by atoms with Gasteiger partial charge in [0.2, 0.25) is 5.95 Å². The summed E-state index contributed by atoms with van der Waals surface area (Å²) in [4.78, 5) is 10.9. The van der Waals surface area contributed by atoms with Crippen LogP contribution in [0.5, 0.6) is 0 Å². The Morgan fingerprint density at radius 3 is 2.84 bits per heavy atom. The van der Waals surface area contributed by atoms with E-state index in [2.05, 4.69) is 29.6 Å². The first-order valence-electron chi connectivity index (χ1n) is 6.40. The minimum atomic E-state index is 0.128. The highest BCUT2D eigenvalue weighted by Crippen LogP contribution is 2.15. The van der Waals surface area contributed by atoms with Crippen LogP contribution in [0, 0.1) is 0 Å². The zero-order valence-electron chi connectivity index (χ0n) is 10.9. The van der Waals surface area contributed by atoms with E-state index in [0.29, 0.717) is 6.54 Å². The molecule has 0 radical (unpaired) electrons. The smallest absolute Gasteiger partial charge is 0.225 e. The lowest BCUT2D eigenvalue weighted by Gasteiger charge is -2.26. The molecule has 0 bridgehead atoms. The van der Waals surface area contributed by atoms with Crippen LogP contribution >= 0.6 is 0 Å². The zero-order valence-corrected chi connectivity index (χ0v) is 10.9. The van der Waals surface area contributed by atoms with E-state index in [1.807, 2.05) is 19.3 Å². The minimum Gasteiger partial charge on any atom is -0.331 e. The first-order valence-corrected chi connectivity index (χ1v) is 6.40. The number of hydrogen-bond acceptors (Lipinski definition) is 6. The number of nitrogens with zero attached hydrogens (tertiary/aromatic N) is 6. The third-order valence-electron chi connectivity index (χ3n) is 3.17. The van der Waals surface area contributed by atoms with Gasteiger partial charge in [0.25, 0.3) is 0 Å². The van der Waals surface area contributed by atoms with Gasteiger partial charge in [-0.25, -0.2) is 9.97 Å². The lowest BCUT2D eigenvalue weighted by Crippen LogP contribution is -2.34. The van der Waals surface area contributed by atoms with E-state index in [-0.39, 0.29) is 6.04 Å². The normalized spacial score (nSPS) is 16.2. The van der Waals surface area contributed by atoms with Crippen LogP contribution in [0.4, 0.5) is 5.95 Å². The van der Waals surface area contributed by atoms with Gasteiger partial charge in [-0.2, -0.15) is 0 Å². The van der Waals surface area contributed by atoms with Crippen molar-refractivity contribution in [2.24, 2.45) is 5.73 Å². The van der Waals surface area contributed by atoms with Gasteiger partial charge in [0.15, 0.2) is 5.82 Å². The lowest BCUT2D eigenvalue weighted by molar-refractivity contribution is 0.551. The number of nitrogens with two attached hydrogens (primary N) is 1. The van der Waals surface area contributed by atoms with Gasteiger partial charge >= 0.3 is 0 Å². The van der Waals surface area contributed by atoms with Crippen molar-refractivity contribution >= 4 is 5.95 Å². The molecule has 1 aliphatic rings. The fraction of sp³-hybridized carbons (Fsp3) is 0.500. The van der Waals surface area contributed by atoms with Crippen molar-refractivity contribution in [1.82, 2.24) is 24.7 Å². The molecular formula is C12H17N7. The van der Waals surface area contributed by atoms with E-state index in [4.69, 9.17) is 5.73 Å². The zero-order chi connectivity index (χ0) is 13.2. The fourth-order valence-corrected chi connectivity index (χ4v) is 2.23. The van der Waals surface area contributed by atoms with Crippen LogP contribution in [0.3, 0.4) is 0 Å². The molecule has 19 heavy (non-hydrogen) atoms. The maximum absolute atomic E-state index is 5.76. The van der Waals surface area contributed by atoms with Gasteiger partial charge in [-0.1, -0.05) is 0 Å². The number of anilines is 1. The first kappa shape index (κ1) is 12.0. The molecule has 3 heterocycles. The maximum Gasteiger partial charge on any atom is 0.225 e. The van der Waals surface area contributed by atoms with Gasteiger partial charge in [-0.3, -0.25) is 0 Å². The SMILES string of the molecule is CC(N)Cc1cnc(N2CCn3cnnc3C2)nc1. The average Bonchev–Trinajstić information content (AvgIpc) is 2.86. The number of rotatable bonds is 3. The molecule has 7 nitrogen and oxygen atoms in total. The third-order valence-corrected chi connectivity index (χ3v) is 3.17. The summed E-state index contributed by atoms with van der Waals surface area (Å²) in [5.74, 6) is 1.69. The molecule has 2 N–H and O–H groups in total. The summed E-state index contributed by atoms with van der Waals surface area (Å²) in [6, 6.07) is 0.128. The summed E-state index contributed by atoms with van der Waals surface area (Å²) in [6.07, 6.45) is 6.27. The van der Waals surface area contributed by atoms with Gasteiger partial charge in [-0.15, -0.1) is 10.2 Å². The molecule has 0 aromatic carbocycles. The third kappa shape index (κ3) is 2.55. The van der Waals surface area contributed by atoms with E-state index >= 15 is 0 Å². The van der Waals surface area contributed by atoms with Crippen LogP contribution in [0.2, 0.25) is 0 Å². The summed E-state index contributed by atoms with van der Waals surface area (Å²) < 4.78 is 2.06. The maximum atomic E-state index is 5.76. The lowest BCUT2D eigenvalue weighted by atomic mass is 10.1. The van der Waals surface area contributed by atoms with Crippen molar-refractivity contribution in [2.75, 3.05) is 11.4 Å². The quantitative estimate of drug-likeness (QED) is 0.833. The summed E-state index contributed by atoms with van der Waals surface area (Å²) in [5.41, 5.74) is 6.83. The molecule has 0 saturated carbocycles. The summed E-state index contributed by atoms with van der Waals surface area (Å²) in [5, 5.41) is 8.00. The van der Waals surface area contributed by atoms with Crippen LogP contribution in [0.15, 0.2) is 18.7 Å². The molecule has 1 atom stereocenters. The Kier molecular flexibility index (Phi) is 3.12. The largest absolute Gasteiger partial charge is 0.331 e. The number of aromatic nitrogens is 5. The molecule has 3 rings (SSSR count). The highest BCUT2D eigenvalue weighted by molar-refractivity contribution is 5.31. The average molecular weight is 259 g/mol. The van der Waals surface area contributed by atoms with Crippen molar-refractivity contribution < 1.29 is 0 Å². The van der Waals surface area contributed by atoms with Crippen LogP contribution in [0.25, 0.3) is 0 Å². The van der Waals surface area contributed by atoms with Crippen LogP contribution in [0.1, 0.15) is 18.3 Å². The van der Waals surface area contributed by atoms with Gasteiger partial charge in [0, 0.05) is 31.5 Å².